The van der Waals surface area contributed by atoms with E-state index in [2.05, 4.69) is 14.9 Å². The third-order valence-electron chi connectivity index (χ3n) is 5.65. The van der Waals surface area contributed by atoms with Crippen LogP contribution in [0.4, 0.5) is 0 Å². The molecule has 148 valence electrons. The quantitative estimate of drug-likeness (QED) is 0.848. The Morgan fingerprint density at radius 1 is 1.04 bits per heavy atom. The van der Waals surface area contributed by atoms with E-state index in [4.69, 9.17) is 5.11 Å². The van der Waals surface area contributed by atoms with Crippen LogP contribution in [0.1, 0.15) is 47.4 Å². The van der Waals surface area contributed by atoms with E-state index in [9.17, 15) is 9.59 Å². The summed E-state index contributed by atoms with van der Waals surface area (Å²) in [5.74, 6) is -0.0258. The van der Waals surface area contributed by atoms with Crippen LogP contribution in [0.25, 0.3) is 11.4 Å². The number of carboxylic acids is 1. The van der Waals surface area contributed by atoms with Crippen molar-refractivity contribution in [1.82, 2.24) is 19.8 Å². The highest BCUT2D eigenvalue weighted by Crippen LogP contribution is 2.23. The smallest absolute Gasteiger partial charge is 0.335 e. The number of carbonyl (C=O) groups excluding carboxylic acids is 1. The molecule has 1 fully saturated rings. The first-order valence-electron chi connectivity index (χ1n) is 10.0. The molecule has 0 radical (unpaired) electrons. The molecule has 0 spiro atoms. The second kappa shape index (κ2) is 8.14. The van der Waals surface area contributed by atoms with Gasteiger partial charge in [0.05, 0.1) is 30.0 Å². The summed E-state index contributed by atoms with van der Waals surface area (Å²) in [5.41, 5.74) is 3.08. The zero-order chi connectivity index (χ0) is 19.5. The van der Waals surface area contributed by atoms with Gasteiger partial charge < -0.3 is 15.0 Å². The van der Waals surface area contributed by atoms with Crippen LogP contribution in [0.3, 0.4) is 0 Å². The van der Waals surface area contributed by atoms with Crippen LogP contribution in [0.5, 0.6) is 0 Å². The topological polar surface area (TPSA) is 89.5 Å². The first-order valence-corrected chi connectivity index (χ1v) is 10.0. The molecule has 2 aliphatic rings. The minimum Gasteiger partial charge on any atom is -0.478 e. The number of imidazole rings is 1. The van der Waals surface area contributed by atoms with Crippen LogP contribution in [0.2, 0.25) is 0 Å². The van der Waals surface area contributed by atoms with Crippen molar-refractivity contribution in [2.45, 2.75) is 38.6 Å². The lowest BCUT2D eigenvalue weighted by Crippen LogP contribution is -2.43. The number of benzene rings is 1. The molecule has 0 aliphatic carbocycles. The van der Waals surface area contributed by atoms with Crippen molar-refractivity contribution in [3.63, 3.8) is 0 Å². The van der Waals surface area contributed by atoms with Crippen LogP contribution in [0.15, 0.2) is 24.3 Å². The van der Waals surface area contributed by atoms with Gasteiger partial charge in [-0.3, -0.25) is 9.69 Å². The highest BCUT2D eigenvalue weighted by atomic mass is 16.4. The highest BCUT2D eigenvalue weighted by molar-refractivity contribution is 5.88. The van der Waals surface area contributed by atoms with Gasteiger partial charge in [0.2, 0.25) is 5.91 Å². The number of aromatic amines is 1. The lowest BCUT2D eigenvalue weighted by Gasteiger charge is -2.29. The van der Waals surface area contributed by atoms with Crippen molar-refractivity contribution < 1.29 is 14.7 Å². The zero-order valence-electron chi connectivity index (χ0n) is 16.0. The fraction of sp³-hybridized carbons (Fsp3) is 0.476. The molecule has 1 aromatic carbocycles. The van der Waals surface area contributed by atoms with Crippen molar-refractivity contribution >= 4 is 11.9 Å². The number of nitrogens with zero attached hydrogens (tertiary/aromatic N) is 3. The summed E-state index contributed by atoms with van der Waals surface area (Å²) in [7, 11) is 0. The van der Waals surface area contributed by atoms with Gasteiger partial charge in [-0.25, -0.2) is 9.78 Å². The molecule has 7 heteroatoms. The van der Waals surface area contributed by atoms with Crippen LogP contribution in [-0.4, -0.2) is 62.9 Å². The van der Waals surface area contributed by atoms with Gasteiger partial charge in [-0.2, -0.15) is 0 Å². The molecule has 1 amide bonds. The maximum Gasteiger partial charge on any atom is 0.335 e. The van der Waals surface area contributed by atoms with Gasteiger partial charge >= 0.3 is 5.97 Å². The molecular formula is C21H26N4O3. The predicted molar refractivity (Wildman–Crippen MR) is 105 cm³/mol. The van der Waals surface area contributed by atoms with E-state index < -0.39 is 5.97 Å². The molecule has 2 aliphatic heterocycles. The van der Waals surface area contributed by atoms with Crippen LogP contribution in [0, 0.1) is 0 Å². The van der Waals surface area contributed by atoms with Crippen LogP contribution < -0.4 is 0 Å². The predicted octanol–water partition coefficient (Wildman–Crippen LogP) is 2.54. The number of rotatable bonds is 4. The summed E-state index contributed by atoms with van der Waals surface area (Å²) in [6.45, 7) is 3.80. The summed E-state index contributed by atoms with van der Waals surface area (Å²) in [6, 6.07) is 6.68. The zero-order valence-corrected chi connectivity index (χ0v) is 16.0. The van der Waals surface area contributed by atoms with Gasteiger partial charge in [0, 0.05) is 18.5 Å². The average Bonchev–Trinajstić information content (AvgIpc) is 2.97. The molecular weight excluding hydrogens is 356 g/mol. The maximum absolute atomic E-state index is 12.8. The maximum atomic E-state index is 12.8. The Morgan fingerprint density at radius 2 is 1.75 bits per heavy atom. The number of aromatic carboxylic acids is 1. The average molecular weight is 382 g/mol. The standard InChI is InChI=1S/C21H26N4O3/c26-19(14-24-10-3-1-2-4-11-24)25-12-9-17-18(13-25)23-20(22-17)15-5-7-16(8-6-15)21(27)28/h5-8H,1-4,9-14H2,(H,22,23)(H,27,28). The van der Waals surface area contributed by atoms with E-state index in [0.29, 0.717) is 19.6 Å². The van der Waals surface area contributed by atoms with Crippen molar-refractivity contribution in [2.24, 2.45) is 0 Å². The number of H-pyrrole nitrogens is 1. The van der Waals surface area contributed by atoms with E-state index >= 15 is 0 Å². The summed E-state index contributed by atoms with van der Waals surface area (Å²) in [6.07, 6.45) is 5.64. The third kappa shape index (κ3) is 4.09. The molecule has 2 aromatic rings. The van der Waals surface area contributed by atoms with Crippen molar-refractivity contribution in [3.05, 3.63) is 41.2 Å². The number of likely N-dealkylation sites (tertiary alicyclic amines) is 1. The van der Waals surface area contributed by atoms with Crippen LogP contribution in [-0.2, 0) is 17.8 Å². The van der Waals surface area contributed by atoms with E-state index in [0.717, 1.165) is 42.3 Å². The van der Waals surface area contributed by atoms with Gasteiger partial charge in [0.15, 0.2) is 0 Å². The second-order valence-corrected chi connectivity index (χ2v) is 7.65. The Bertz CT molecular complexity index is 851. The summed E-state index contributed by atoms with van der Waals surface area (Å²) in [5, 5.41) is 9.03. The number of carboxylic acid groups (broad SMARTS) is 1. The summed E-state index contributed by atoms with van der Waals surface area (Å²) >= 11 is 0. The molecule has 7 nitrogen and oxygen atoms in total. The van der Waals surface area contributed by atoms with E-state index in [1.165, 1.54) is 25.7 Å². The first-order chi connectivity index (χ1) is 13.6. The number of aromatic nitrogens is 2. The number of fused-ring (bicyclic) bond motifs is 1. The molecule has 0 unspecified atom stereocenters. The van der Waals surface area contributed by atoms with Crippen molar-refractivity contribution in [3.8, 4) is 11.4 Å². The Balaban J connectivity index is 1.42. The van der Waals surface area contributed by atoms with Crippen molar-refractivity contribution in [1.29, 1.82) is 0 Å². The monoisotopic (exact) mass is 382 g/mol. The Hall–Kier alpha value is -2.67. The van der Waals surface area contributed by atoms with Gasteiger partial charge in [-0.15, -0.1) is 0 Å². The Morgan fingerprint density at radius 3 is 2.43 bits per heavy atom. The number of hydrogen-bond acceptors (Lipinski definition) is 4. The molecule has 1 saturated heterocycles. The normalized spacial score (nSPS) is 17.8. The number of nitrogens with one attached hydrogen (secondary N) is 1. The molecule has 0 saturated carbocycles. The van der Waals surface area contributed by atoms with Crippen LogP contribution >= 0.6 is 0 Å². The lowest BCUT2D eigenvalue weighted by molar-refractivity contribution is -0.133. The third-order valence-corrected chi connectivity index (χ3v) is 5.65. The van der Waals surface area contributed by atoms with Gasteiger partial charge in [0.25, 0.3) is 0 Å². The van der Waals surface area contributed by atoms with E-state index in [1.807, 2.05) is 4.90 Å². The fourth-order valence-corrected chi connectivity index (χ4v) is 4.00. The largest absolute Gasteiger partial charge is 0.478 e. The van der Waals surface area contributed by atoms with Gasteiger partial charge in [0.1, 0.15) is 5.82 Å². The molecule has 0 bridgehead atoms. The molecule has 28 heavy (non-hydrogen) atoms. The second-order valence-electron chi connectivity index (χ2n) is 7.65. The Labute approximate surface area is 164 Å². The number of hydrogen-bond donors (Lipinski definition) is 2. The minimum atomic E-state index is -0.941. The Kier molecular flexibility index (Phi) is 5.43. The summed E-state index contributed by atoms with van der Waals surface area (Å²) in [4.78, 5) is 36.0. The fourth-order valence-electron chi connectivity index (χ4n) is 4.00. The SMILES string of the molecule is O=C(O)c1ccc(-c2nc3c([nH]2)CN(C(=O)CN2CCCCCC2)CC3)cc1. The number of amides is 1. The first kappa shape index (κ1) is 18.7. The molecule has 0 atom stereocenters. The van der Waals surface area contributed by atoms with E-state index in [1.54, 1.807) is 24.3 Å². The molecule has 1 aromatic heterocycles. The molecule has 4 rings (SSSR count). The minimum absolute atomic E-state index is 0.189. The number of carbonyl (C=O) groups is 2. The molecule has 2 N–H and O–H groups in total. The van der Waals surface area contributed by atoms with E-state index in [-0.39, 0.29) is 11.5 Å². The lowest BCUT2D eigenvalue weighted by atomic mass is 10.1. The van der Waals surface area contributed by atoms with Gasteiger partial charge in [-0.05, 0) is 38.1 Å². The highest BCUT2D eigenvalue weighted by Gasteiger charge is 2.25. The van der Waals surface area contributed by atoms with Gasteiger partial charge in [-0.1, -0.05) is 25.0 Å². The van der Waals surface area contributed by atoms with Crippen molar-refractivity contribution in [2.75, 3.05) is 26.2 Å². The molecule has 3 heterocycles. The summed E-state index contributed by atoms with van der Waals surface area (Å²) < 4.78 is 0.